The number of aliphatic carboxylic acids is 2. The van der Waals surface area contributed by atoms with Gasteiger partial charge in [-0.15, -0.1) is 11.3 Å². The van der Waals surface area contributed by atoms with Gasteiger partial charge in [-0.25, -0.2) is 13.6 Å². The van der Waals surface area contributed by atoms with Gasteiger partial charge in [0.25, 0.3) is 11.8 Å². The van der Waals surface area contributed by atoms with Crippen molar-refractivity contribution in [2.75, 3.05) is 38.1 Å². The lowest BCUT2D eigenvalue weighted by Gasteiger charge is -2.34. The van der Waals surface area contributed by atoms with E-state index in [0.717, 1.165) is 46.6 Å². The number of thiophene rings is 1. The molecule has 0 unspecified atom stereocenters. The third-order valence-electron chi connectivity index (χ3n) is 8.61. The Morgan fingerprint density at radius 1 is 0.855 bits per heavy atom. The largest absolute Gasteiger partial charge is 0.514 e. The van der Waals surface area contributed by atoms with Gasteiger partial charge >= 0.3 is 24.3 Å². The lowest BCUT2D eigenvalue weighted by atomic mass is 9.87. The highest BCUT2D eigenvalue weighted by atomic mass is 32.1. The minimum Gasteiger partial charge on any atom is -0.480 e. The second-order valence-corrected chi connectivity index (χ2v) is 12.9. The molecule has 3 aromatic carbocycles. The molecule has 1 fully saturated rings. The average molecular weight is 790 g/mol. The molecule has 3 amide bonds. The van der Waals surface area contributed by atoms with Crippen molar-refractivity contribution < 1.29 is 70.4 Å². The molecule has 1 aromatic heterocycles. The third-order valence-corrected chi connectivity index (χ3v) is 9.64. The molecule has 0 radical (unpaired) electrons. The number of alkyl halides is 3. The molecule has 0 saturated carbocycles. The number of nitrogens with zero attached hydrogens (tertiary/aromatic N) is 2. The SMILES string of the molecule is CC(=O)N1CCN(C(=O)c2c(NC(=O)c3ccccc3-c3ccc(C(F)(F)F)cc3)cc(F)c(OC(=O)OCC(C(=O)O)(C(=O)O)c3cccs3)c2F)CC1. The first-order valence-corrected chi connectivity index (χ1v) is 16.8. The first kappa shape index (κ1) is 39.8. The lowest BCUT2D eigenvalue weighted by Crippen LogP contribution is -2.50. The minimum absolute atomic E-state index is 0.0287. The van der Waals surface area contributed by atoms with Gasteiger partial charge in [0.15, 0.2) is 11.6 Å². The highest BCUT2D eigenvalue weighted by Crippen LogP contribution is 2.36. The molecule has 0 atom stereocenters. The van der Waals surface area contributed by atoms with Crippen LogP contribution < -0.4 is 10.1 Å². The molecule has 1 aliphatic rings. The molecule has 0 spiro atoms. The maximum absolute atomic E-state index is 16.3. The molecule has 3 N–H and O–H groups in total. The first-order chi connectivity index (χ1) is 25.9. The van der Waals surface area contributed by atoms with Crippen LogP contribution in [0.2, 0.25) is 0 Å². The van der Waals surface area contributed by atoms with Crippen LogP contribution in [0.25, 0.3) is 11.1 Å². The van der Waals surface area contributed by atoms with Crippen molar-refractivity contribution in [3.8, 4) is 16.9 Å². The van der Waals surface area contributed by atoms with Gasteiger partial charge in [-0.2, -0.15) is 13.2 Å². The number of ether oxygens (including phenoxy) is 2. The fourth-order valence-corrected chi connectivity index (χ4v) is 6.54. The number of carbonyl (C=O) groups is 6. The van der Waals surface area contributed by atoms with E-state index in [0.29, 0.717) is 6.07 Å². The molecule has 288 valence electrons. The molecule has 4 aromatic rings. The van der Waals surface area contributed by atoms with E-state index in [-0.39, 0.29) is 53.7 Å². The molecule has 55 heavy (non-hydrogen) atoms. The Morgan fingerprint density at radius 2 is 1.47 bits per heavy atom. The van der Waals surface area contributed by atoms with Crippen molar-refractivity contribution in [2.24, 2.45) is 0 Å². The molecule has 5 rings (SSSR count). The zero-order chi connectivity index (χ0) is 40.2. The average Bonchev–Trinajstić information content (AvgIpc) is 3.68. The number of halogens is 5. The number of anilines is 1. The van der Waals surface area contributed by atoms with Crippen LogP contribution in [0.1, 0.15) is 38.1 Å². The van der Waals surface area contributed by atoms with Gasteiger partial charge in [-0.1, -0.05) is 36.4 Å². The lowest BCUT2D eigenvalue weighted by molar-refractivity contribution is -0.160. The summed E-state index contributed by atoms with van der Waals surface area (Å²) in [6, 6.07) is 12.4. The summed E-state index contributed by atoms with van der Waals surface area (Å²) in [5.74, 6) is -11.4. The molecular formula is C36H28F5N3O10S. The van der Waals surface area contributed by atoms with E-state index in [1.807, 2.05) is 0 Å². The maximum Gasteiger partial charge on any atom is 0.514 e. The number of piperazine rings is 1. The zero-order valence-electron chi connectivity index (χ0n) is 28.3. The minimum atomic E-state index is -4.64. The Labute approximate surface area is 311 Å². The molecule has 19 heteroatoms. The Bertz CT molecular complexity index is 2140. The maximum atomic E-state index is 16.3. The molecule has 2 heterocycles. The van der Waals surface area contributed by atoms with Crippen molar-refractivity contribution in [2.45, 2.75) is 18.5 Å². The third kappa shape index (κ3) is 8.25. The van der Waals surface area contributed by atoms with Crippen LogP contribution in [0.5, 0.6) is 5.75 Å². The normalized spacial score (nSPS) is 13.2. The van der Waals surface area contributed by atoms with E-state index in [1.165, 1.54) is 47.5 Å². The molecule has 0 aliphatic carbocycles. The van der Waals surface area contributed by atoms with Gasteiger partial charge < -0.3 is 34.8 Å². The monoisotopic (exact) mass is 789 g/mol. The first-order valence-electron chi connectivity index (χ1n) is 16.0. The Kier molecular flexibility index (Phi) is 11.5. The van der Waals surface area contributed by atoms with Crippen molar-refractivity contribution in [3.63, 3.8) is 0 Å². The summed E-state index contributed by atoms with van der Waals surface area (Å²) in [6.45, 7) is -0.284. The summed E-state index contributed by atoms with van der Waals surface area (Å²) in [4.78, 5) is 78.5. The van der Waals surface area contributed by atoms with Crippen LogP contribution in [0.4, 0.5) is 32.4 Å². The molecule has 1 saturated heterocycles. The Balaban J connectivity index is 1.49. The second kappa shape index (κ2) is 15.9. The quantitative estimate of drug-likeness (QED) is 0.0759. The number of carboxylic acid groups (broad SMARTS) is 2. The van der Waals surface area contributed by atoms with Crippen LogP contribution in [0.3, 0.4) is 0 Å². The number of amides is 3. The van der Waals surface area contributed by atoms with E-state index >= 15 is 8.78 Å². The van der Waals surface area contributed by atoms with Crippen molar-refractivity contribution >= 4 is 52.8 Å². The fourth-order valence-electron chi connectivity index (χ4n) is 5.64. The predicted octanol–water partition coefficient (Wildman–Crippen LogP) is 5.89. The highest BCUT2D eigenvalue weighted by Gasteiger charge is 2.51. The smallest absolute Gasteiger partial charge is 0.480 e. The number of nitrogens with one attached hydrogen (secondary N) is 1. The van der Waals surface area contributed by atoms with E-state index in [4.69, 9.17) is 9.47 Å². The zero-order valence-corrected chi connectivity index (χ0v) is 29.1. The molecular weight excluding hydrogens is 761 g/mol. The summed E-state index contributed by atoms with van der Waals surface area (Å²) in [6.07, 6.45) is -6.58. The summed E-state index contributed by atoms with van der Waals surface area (Å²) in [7, 11) is 0. The number of hydrogen-bond donors (Lipinski definition) is 3. The number of benzene rings is 3. The standard InChI is InChI=1S/C36H28F5N3O10S/c1-19(45)43-12-14-44(15-13-43)31(47)27-25(42-30(46)23-6-3-2-5-22(23)20-8-10-21(11-9-20)36(39,40)41)17-24(37)29(28(27)38)54-34(52)53-18-35(32(48)49,33(50)51)26-7-4-16-55-26/h2-11,16-17H,12-15,18H2,1H3,(H,42,46)(H,48,49)(H,50,51). The number of hydrogen-bond acceptors (Lipinski definition) is 9. The Morgan fingerprint density at radius 3 is 2.04 bits per heavy atom. The summed E-state index contributed by atoms with van der Waals surface area (Å²) in [5.41, 5.74) is -5.42. The second-order valence-electron chi connectivity index (χ2n) is 11.9. The van der Waals surface area contributed by atoms with E-state index in [2.05, 4.69) is 5.32 Å². The van der Waals surface area contributed by atoms with E-state index < -0.39 is 82.3 Å². The fraction of sp³-hybridized carbons (Fsp3) is 0.222. The van der Waals surface area contributed by atoms with Crippen LogP contribution in [0.15, 0.2) is 72.1 Å². The van der Waals surface area contributed by atoms with Crippen LogP contribution >= 0.6 is 11.3 Å². The van der Waals surface area contributed by atoms with Gasteiger partial charge in [0.05, 0.1) is 11.3 Å². The van der Waals surface area contributed by atoms with Gasteiger partial charge in [-0.3, -0.25) is 24.0 Å². The van der Waals surface area contributed by atoms with Crippen molar-refractivity contribution in [3.05, 3.63) is 105 Å². The van der Waals surface area contributed by atoms with Crippen LogP contribution in [-0.2, 0) is 30.7 Å². The van der Waals surface area contributed by atoms with Gasteiger partial charge in [0, 0.05) is 49.6 Å². The number of carbonyl (C=O) groups excluding carboxylic acids is 4. The molecule has 1 aliphatic heterocycles. The predicted molar refractivity (Wildman–Crippen MR) is 183 cm³/mol. The van der Waals surface area contributed by atoms with Crippen molar-refractivity contribution in [1.29, 1.82) is 0 Å². The molecule has 0 bridgehead atoms. The van der Waals surface area contributed by atoms with Crippen LogP contribution in [-0.4, -0.2) is 88.6 Å². The van der Waals surface area contributed by atoms with Gasteiger partial charge in [0.1, 0.15) is 12.2 Å². The molecule has 13 nitrogen and oxygen atoms in total. The number of carboxylic acids is 2. The van der Waals surface area contributed by atoms with Gasteiger partial charge in [0.2, 0.25) is 17.1 Å². The van der Waals surface area contributed by atoms with E-state index in [1.54, 1.807) is 0 Å². The summed E-state index contributed by atoms with van der Waals surface area (Å²) >= 11 is 0.720. The number of rotatable bonds is 10. The summed E-state index contributed by atoms with van der Waals surface area (Å²) in [5, 5.41) is 23.2. The van der Waals surface area contributed by atoms with Crippen molar-refractivity contribution in [1.82, 2.24) is 9.80 Å². The van der Waals surface area contributed by atoms with E-state index in [9.17, 15) is 52.2 Å². The highest BCUT2D eigenvalue weighted by molar-refractivity contribution is 7.10. The Hall–Kier alpha value is -6.37. The van der Waals surface area contributed by atoms with Gasteiger partial charge in [-0.05, 0) is 40.8 Å². The van der Waals surface area contributed by atoms with Crippen LogP contribution in [0, 0.1) is 11.6 Å². The summed E-state index contributed by atoms with van der Waals surface area (Å²) < 4.78 is 80.9. The topological polar surface area (TPSA) is 180 Å².